The molecule has 1 aromatic carbocycles. The van der Waals surface area contributed by atoms with E-state index in [9.17, 15) is 9.59 Å². The normalized spacial score (nSPS) is 10.8. The number of aryl methyl sites for hydroxylation is 1. The van der Waals surface area contributed by atoms with Gasteiger partial charge < -0.3 is 10.1 Å². The topological polar surface area (TPSA) is 91.0 Å². The monoisotopic (exact) mass is 455 g/mol. The number of hydrogen-bond acceptors (Lipinski definition) is 5. The molecule has 8 nitrogen and oxygen atoms in total. The summed E-state index contributed by atoms with van der Waals surface area (Å²) in [6.45, 7) is 2.25. The smallest absolute Gasteiger partial charge is 0.356 e. The molecule has 0 spiro atoms. The van der Waals surface area contributed by atoms with Crippen LogP contribution in [0.1, 0.15) is 33.5 Å². The number of hydrogen-bond donors (Lipinski definition) is 1. The number of aromatic nitrogens is 4. The lowest BCUT2D eigenvalue weighted by atomic mass is 10.2. The van der Waals surface area contributed by atoms with Crippen molar-refractivity contribution in [2.24, 2.45) is 7.05 Å². The van der Waals surface area contributed by atoms with Crippen molar-refractivity contribution in [3.05, 3.63) is 62.5 Å². The Balaban J connectivity index is 1.75. The van der Waals surface area contributed by atoms with Gasteiger partial charge in [-0.3, -0.25) is 14.2 Å². The van der Waals surface area contributed by atoms with Crippen molar-refractivity contribution in [3.63, 3.8) is 0 Å². The zero-order valence-corrected chi connectivity index (χ0v) is 17.7. The number of carbonyl (C=O) groups excluding carboxylic acids is 2. The van der Waals surface area contributed by atoms with Gasteiger partial charge in [-0.25, -0.2) is 4.79 Å². The van der Waals surface area contributed by atoms with Gasteiger partial charge in [0.2, 0.25) is 0 Å². The van der Waals surface area contributed by atoms with Crippen molar-refractivity contribution in [2.75, 3.05) is 11.9 Å². The average Bonchev–Trinajstić information content (AvgIpc) is 3.20. The molecule has 1 N–H and O–H groups in total. The second kappa shape index (κ2) is 8.86. The number of amides is 1. The highest BCUT2D eigenvalue weighted by molar-refractivity contribution is 6.35. The number of halogens is 3. The van der Waals surface area contributed by atoms with Crippen LogP contribution in [0.15, 0.2) is 30.5 Å². The van der Waals surface area contributed by atoms with Gasteiger partial charge in [-0.15, -0.1) is 0 Å². The third-order valence-electron chi connectivity index (χ3n) is 3.89. The average molecular weight is 457 g/mol. The van der Waals surface area contributed by atoms with Crippen LogP contribution >= 0.6 is 34.8 Å². The second-order valence-electron chi connectivity index (χ2n) is 5.97. The van der Waals surface area contributed by atoms with Gasteiger partial charge in [0.1, 0.15) is 10.7 Å². The summed E-state index contributed by atoms with van der Waals surface area (Å²) in [6, 6.07) is 6.47. The Bertz CT molecular complexity index is 1080. The molecule has 0 fully saturated rings. The summed E-state index contributed by atoms with van der Waals surface area (Å²) >= 11 is 18.3. The first-order chi connectivity index (χ1) is 13.8. The fourth-order valence-electron chi connectivity index (χ4n) is 2.53. The van der Waals surface area contributed by atoms with Gasteiger partial charge in [-0.2, -0.15) is 10.2 Å². The maximum absolute atomic E-state index is 12.5. The van der Waals surface area contributed by atoms with Crippen LogP contribution in [0.2, 0.25) is 15.1 Å². The van der Waals surface area contributed by atoms with Gasteiger partial charge in [0.05, 0.1) is 13.2 Å². The van der Waals surface area contributed by atoms with Gasteiger partial charge in [-0.1, -0.05) is 40.9 Å². The van der Waals surface area contributed by atoms with Crippen LogP contribution in [0.25, 0.3) is 0 Å². The largest absolute Gasteiger partial charge is 0.461 e. The third-order valence-corrected chi connectivity index (χ3v) is 4.76. The molecule has 0 saturated carbocycles. The number of nitrogens with one attached hydrogen (secondary N) is 1. The van der Waals surface area contributed by atoms with Gasteiger partial charge >= 0.3 is 5.97 Å². The number of rotatable bonds is 6. The van der Waals surface area contributed by atoms with E-state index in [1.807, 2.05) is 0 Å². The van der Waals surface area contributed by atoms with Crippen LogP contribution in [-0.4, -0.2) is 38.0 Å². The fraction of sp³-hybridized carbons (Fsp3) is 0.222. The SMILES string of the molecule is CCOC(=O)c1cc(C(=O)Nc2nn(Cc3ccc(Cl)cc3Cl)cc2Cl)nn1C. The zero-order valence-electron chi connectivity index (χ0n) is 15.4. The molecular weight excluding hydrogens is 441 g/mol. The van der Waals surface area contributed by atoms with E-state index in [0.717, 1.165) is 5.56 Å². The summed E-state index contributed by atoms with van der Waals surface area (Å²) in [5.74, 6) is -0.971. The summed E-state index contributed by atoms with van der Waals surface area (Å²) in [5, 5.41) is 12.1. The highest BCUT2D eigenvalue weighted by Gasteiger charge is 2.20. The Morgan fingerprint density at radius 3 is 2.59 bits per heavy atom. The quantitative estimate of drug-likeness (QED) is 0.565. The molecule has 0 aliphatic carbocycles. The maximum atomic E-state index is 12.5. The van der Waals surface area contributed by atoms with Crippen molar-refractivity contribution in [1.29, 1.82) is 0 Å². The van der Waals surface area contributed by atoms with E-state index in [4.69, 9.17) is 39.5 Å². The van der Waals surface area contributed by atoms with Crippen LogP contribution in [0.4, 0.5) is 5.82 Å². The molecule has 152 valence electrons. The van der Waals surface area contributed by atoms with E-state index >= 15 is 0 Å². The lowest BCUT2D eigenvalue weighted by Gasteiger charge is -2.05. The zero-order chi connectivity index (χ0) is 21.1. The lowest BCUT2D eigenvalue weighted by molar-refractivity contribution is 0.0513. The Morgan fingerprint density at radius 1 is 1.14 bits per heavy atom. The third kappa shape index (κ3) is 4.90. The Labute approximate surface area is 181 Å². The molecule has 0 unspecified atom stereocenters. The molecule has 11 heteroatoms. The molecule has 1 amide bonds. The molecule has 0 aliphatic heterocycles. The first kappa shape index (κ1) is 21.2. The summed E-state index contributed by atoms with van der Waals surface area (Å²) in [7, 11) is 1.54. The van der Waals surface area contributed by atoms with Crippen molar-refractivity contribution in [1.82, 2.24) is 19.6 Å². The number of anilines is 1. The number of ether oxygens (including phenoxy) is 1. The molecule has 2 heterocycles. The minimum Gasteiger partial charge on any atom is -0.461 e. The van der Waals surface area contributed by atoms with Gasteiger partial charge in [0.25, 0.3) is 5.91 Å². The van der Waals surface area contributed by atoms with E-state index in [2.05, 4.69) is 15.5 Å². The van der Waals surface area contributed by atoms with Crippen molar-refractivity contribution in [2.45, 2.75) is 13.5 Å². The first-order valence-corrected chi connectivity index (χ1v) is 9.61. The molecule has 3 aromatic rings. The van der Waals surface area contributed by atoms with E-state index in [-0.39, 0.29) is 28.8 Å². The van der Waals surface area contributed by atoms with Crippen LogP contribution in [0, 0.1) is 0 Å². The van der Waals surface area contributed by atoms with E-state index in [1.54, 1.807) is 38.4 Å². The molecule has 2 aromatic heterocycles. The van der Waals surface area contributed by atoms with Crippen molar-refractivity contribution >= 4 is 52.5 Å². The van der Waals surface area contributed by atoms with Crippen molar-refractivity contribution in [3.8, 4) is 0 Å². The highest BCUT2D eigenvalue weighted by Crippen LogP contribution is 2.24. The van der Waals surface area contributed by atoms with Crippen molar-refractivity contribution < 1.29 is 14.3 Å². The summed E-state index contributed by atoms with van der Waals surface area (Å²) in [6.07, 6.45) is 1.56. The molecule has 0 aliphatic rings. The van der Waals surface area contributed by atoms with E-state index < -0.39 is 11.9 Å². The molecule has 29 heavy (non-hydrogen) atoms. The second-order valence-corrected chi connectivity index (χ2v) is 7.22. The standard InChI is InChI=1S/C18H16Cl3N5O3/c1-3-29-18(28)15-7-14(23-25(15)2)17(27)22-16-13(21)9-26(24-16)8-10-4-5-11(19)6-12(10)20/h4-7,9H,3,8H2,1-2H3,(H,22,24,27). The number of benzene rings is 1. The van der Waals surface area contributed by atoms with Gasteiger partial charge in [0.15, 0.2) is 11.5 Å². The maximum Gasteiger partial charge on any atom is 0.356 e. The molecular formula is C18H16Cl3N5O3. The molecule has 3 rings (SSSR count). The first-order valence-electron chi connectivity index (χ1n) is 8.48. The Hall–Kier alpha value is -2.55. The minimum atomic E-state index is -0.566. The van der Waals surface area contributed by atoms with Gasteiger partial charge in [-0.05, 0) is 24.6 Å². The minimum absolute atomic E-state index is 0.0296. The van der Waals surface area contributed by atoms with Crippen LogP contribution in [0.3, 0.4) is 0 Å². The predicted octanol–water partition coefficient (Wildman–Crippen LogP) is 4.05. The highest BCUT2D eigenvalue weighted by atomic mass is 35.5. The molecule has 0 bridgehead atoms. The predicted molar refractivity (Wildman–Crippen MR) is 110 cm³/mol. The summed E-state index contributed by atoms with van der Waals surface area (Å²) in [4.78, 5) is 24.4. The fourth-order valence-corrected chi connectivity index (χ4v) is 3.20. The summed E-state index contributed by atoms with van der Waals surface area (Å²) < 4.78 is 7.74. The Morgan fingerprint density at radius 2 is 1.90 bits per heavy atom. The van der Waals surface area contributed by atoms with Crippen LogP contribution in [0.5, 0.6) is 0 Å². The molecule has 0 radical (unpaired) electrons. The van der Waals surface area contributed by atoms with Crippen LogP contribution in [-0.2, 0) is 18.3 Å². The number of carbonyl (C=O) groups is 2. The van der Waals surface area contributed by atoms with E-state index in [1.165, 1.54) is 15.4 Å². The number of nitrogens with zero attached hydrogens (tertiary/aromatic N) is 4. The number of esters is 1. The Kier molecular flexibility index (Phi) is 6.46. The molecule has 0 saturated heterocycles. The van der Waals surface area contributed by atoms with Crippen LogP contribution < -0.4 is 5.32 Å². The molecule has 0 atom stereocenters. The van der Waals surface area contributed by atoms with E-state index in [0.29, 0.717) is 16.6 Å². The lowest BCUT2D eigenvalue weighted by Crippen LogP contribution is -2.14. The van der Waals surface area contributed by atoms with Gasteiger partial charge in [0, 0.05) is 29.4 Å². The summed E-state index contributed by atoms with van der Waals surface area (Å²) in [5.41, 5.74) is 0.977.